The minimum atomic E-state index is -0.937. The highest BCUT2D eigenvalue weighted by Gasteiger charge is 2.33. The predicted octanol–water partition coefficient (Wildman–Crippen LogP) is 1.55. The summed E-state index contributed by atoms with van der Waals surface area (Å²) in [5.41, 5.74) is 1.85. The van der Waals surface area contributed by atoms with Gasteiger partial charge in [-0.3, -0.25) is 0 Å². The van der Waals surface area contributed by atoms with Crippen LogP contribution in [-0.4, -0.2) is 26.6 Å². The summed E-state index contributed by atoms with van der Waals surface area (Å²) in [5, 5.41) is 7.76. The summed E-state index contributed by atoms with van der Waals surface area (Å²) in [6.07, 6.45) is 3.24. The van der Waals surface area contributed by atoms with Crippen LogP contribution in [0.3, 0.4) is 0 Å². The molecule has 1 aromatic carbocycles. The van der Waals surface area contributed by atoms with Gasteiger partial charge in [-0.1, -0.05) is 24.3 Å². The van der Waals surface area contributed by atoms with Crippen LogP contribution in [0.4, 0.5) is 0 Å². The molecule has 0 saturated carbocycles. The van der Waals surface area contributed by atoms with E-state index in [2.05, 4.69) is 10.2 Å². The molecule has 1 heterocycles. The first-order valence-corrected chi connectivity index (χ1v) is 4.60. The van der Waals surface area contributed by atoms with Gasteiger partial charge in [-0.15, -0.1) is 0 Å². The van der Waals surface area contributed by atoms with Crippen LogP contribution in [0.5, 0.6) is 0 Å². The van der Waals surface area contributed by atoms with E-state index in [1.54, 1.807) is 26.6 Å². The van der Waals surface area contributed by atoms with Gasteiger partial charge in [0.15, 0.2) is 0 Å². The topological polar surface area (TPSA) is 43.2 Å². The fraction of sp³-hybridized carbons (Fsp3) is 0.273. The van der Waals surface area contributed by atoms with Crippen molar-refractivity contribution in [2.45, 2.75) is 5.79 Å². The van der Waals surface area contributed by atoms with E-state index in [-0.39, 0.29) is 0 Å². The molecule has 1 aliphatic heterocycles. The van der Waals surface area contributed by atoms with Gasteiger partial charge in [-0.05, 0) is 0 Å². The minimum Gasteiger partial charge on any atom is -0.345 e. The molecule has 4 nitrogen and oxygen atoms in total. The Kier molecular flexibility index (Phi) is 2.62. The fourth-order valence-corrected chi connectivity index (χ4v) is 1.61. The molecule has 0 N–H and O–H groups in total. The molecule has 4 heteroatoms. The highest BCUT2D eigenvalue weighted by molar-refractivity contribution is 5.87. The van der Waals surface area contributed by atoms with Gasteiger partial charge in [0.1, 0.15) is 0 Å². The molecule has 15 heavy (non-hydrogen) atoms. The second-order valence-electron chi connectivity index (χ2n) is 3.15. The summed E-state index contributed by atoms with van der Waals surface area (Å²) in [6.45, 7) is 0. The number of fused-ring (bicyclic) bond motifs is 1. The normalized spacial score (nSPS) is 17.2. The fourth-order valence-electron chi connectivity index (χ4n) is 1.61. The van der Waals surface area contributed by atoms with Gasteiger partial charge in [0.05, 0.1) is 12.4 Å². The van der Waals surface area contributed by atoms with Crippen LogP contribution in [0, 0.1) is 0 Å². The van der Waals surface area contributed by atoms with Gasteiger partial charge in [0, 0.05) is 25.3 Å². The Balaban J connectivity index is 2.61. The first-order valence-electron chi connectivity index (χ1n) is 4.60. The Morgan fingerprint density at radius 2 is 1.80 bits per heavy atom. The van der Waals surface area contributed by atoms with Crippen molar-refractivity contribution in [1.82, 2.24) is 0 Å². The molecular weight excluding hydrogens is 192 g/mol. The maximum Gasteiger partial charge on any atom is 0.234 e. The molecule has 2 rings (SSSR count). The van der Waals surface area contributed by atoms with Crippen molar-refractivity contribution < 1.29 is 9.47 Å². The Morgan fingerprint density at radius 3 is 2.53 bits per heavy atom. The summed E-state index contributed by atoms with van der Waals surface area (Å²) >= 11 is 0. The maximum atomic E-state index is 5.38. The molecule has 1 aliphatic rings. The third-order valence-electron chi connectivity index (χ3n) is 2.43. The second kappa shape index (κ2) is 3.92. The molecule has 0 amide bonds. The first-order chi connectivity index (χ1) is 7.32. The smallest absolute Gasteiger partial charge is 0.234 e. The highest BCUT2D eigenvalue weighted by atomic mass is 16.7. The number of hydrogen-bond donors (Lipinski definition) is 0. The average molecular weight is 204 g/mol. The number of benzene rings is 1. The monoisotopic (exact) mass is 204 g/mol. The van der Waals surface area contributed by atoms with E-state index in [1.807, 2.05) is 24.3 Å². The number of hydrogen-bond acceptors (Lipinski definition) is 4. The molecule has 0 spiro atoms. The molecule has 1 aromatic rings. The lowest BCUT2D eigenvalue weighted by molar-refractivity contribution is -0.157. The Bertz CT molecular complexity index is 409. The van der Waals surface area contributed by atoms with Crippen molar-refractivity contribution in [3.63, 3.8) is 0 Å². The van der Waals surface area contributed by atoms with Crippen molar-refractivity contribution in [3.05, 3.63) is 35.4 Å². The van der Waals surface area contributed by atoms with Crippen LogP contribution in [0.1, 0.15) is 11.1 Å². The van der Waals surface area contributed by atoms with Gasteiger partial charge >= 0.3 is 0 Å². The van der Waals surface area contributed by atoms with Crippen molar-refractivity contribution in [2.75, 3.05) is 14.2 Å². The molecule has 0 unspecified atom stereocenters. The molecule has 0 bridgehead atoms. The average Bonchev–Trinajstić information content (AvgIpc) is 2.49. The Morgan fingerprint density at radius 1 is 1.07 bits per heavy atom. The maximum absolute atomic E-state index is 5.38. The van der Waals surface area contributed by atoms with Crippen LogP contribution in [-0.2, 0) is 15.3 Å². The molecule has 0 aromatic heterocycles. The SMILES string of the molecule is COC1(OC)C=NN=Cc2ccccc21. The summed E-state index contributed by atoms with van der Waals surface area (Å²) in [4.78, 5) is 0. The van der Waals surface area contributed by atoms with Crippen LogP contribution in [0.15, 0.2) is 34.5 Å². The van der Waals surface area contributed by atoms with Crippen molar-refractivity contribution in [3.8, 4) is 0 Å². The summed E-state index contributed by atoms with van der Waals surface area (Å²) in [7, 11) is 3.16. The lowest BCUT2D eigenvalue weighted by Crippen LogP contribution is -2.33. The number of rotatable bonds is 2. The number of ether oxygens (including phenoxy) is 2. The van der Waals surface area contributed by atoms with Gasteiger partial charge in [0.25, 0.3) is 0 Å². The third-order valence-corrected chi connectivity index (χ3v) is 2.43. The quantitative estimate of drug-likeness (QED) is 0.686. The third kappa shape index (κ3) is 1.58. The van der Waals surface area contributed by atoms with Crippen LogP contribution >= 0.6 is 0 Å². The Labute approximate surface area is 88.2 Å². The van der Waals surface area contributed by atoms with E-state index in [4.69, 9.17) is 9.47 Å². The van der Waals surface area contributed by atoms with E-state index < -0.39 is 5.79 Å². The van der Waals surface area contributed by atoms with Gasteiger partial charge in [-0.25, -0.2) is 0 Å². The molecule has 0 fully saturated rings. The predicted molar refractivity (Wildman–Crippen MR) is 58.2 cm³/mol. The highest BCUT2D eigenvalue weighted by Crippen LogP contribution is 2.27. The Hall–Kier alpha value is -1.52. The van der Waals surface area contributed by atoms with E-state index in [1.165, 1.54) is 0 Å². The molecule has 0 aliphatic carbocycles. The second-order valence-corrected chi connectivity index (χ2v) is 3.15. The molecule has 0 saturated heterocycles. The molecule has 0 radical (unpaired) electrons. The van der Waals surface area contributed by atoms with Crippen molar-refractivity contribution >= 4 is 12.4 Å². The molecular formula is C11H12N2O2. The van der Waals surface area contributed by atoms with Crippen LogP contribution in [0.2, 0.25) is 0 Å². The van der Waals surface area contributed by atoms with E-state index in [0.717, 1.165) is 11.1 Å². The zero-order valence-electron chi connectivity index (χ0n) is 8.68. The molecule has 0 atom stereocenters. The van der Waals surface area contributed by atoms with Gasteiger partial charge in [0.2, 0.25) is 5.79 Å². The largest absolute Gasteiger partial charge is 0.345 e. The van der Waals surface area contributed by atoms with Crippen molar-refractivity contribution in [1.29, 1.82) is 0 Å². The lowest BCUT2D eigenvalue weighted by Gasteiger charge is -2.27. The summed E-state index contributed by atoms with van der Waals surface area (Å²) in [5.74, 6) is -0.937. The number of nitrogens with zero attached hydrogens (tertiary/aromatic N) is 2. The van der Waals surface area contributed by atoms with E-state index in [0.29, 0.717) is 0 Å². The number of methoxy groups -OCH3 is 2. The standard InChI is InChI=1S/C11H12N2O2/c1-14-11(15-2)8-13-12-7-9-5-3-4-6-10(9)11/h3-8H,1-2H3. The minimum absolute atomic E-state index is 0.903. The summed E-state index contributed by atoms with van der Waals surface area (Å²) in [6, 6.07) is 7.75. The van der Waals surface area contributed by atoms with Crippen molar-refractivity contribution in [2.24, 2.45) is 10.2 Å². The van der Waals surface area contributed by atoms with E-state index >= 15 is 0 Å². The van der Waals surface area contributed by atoms with E-state index in [9.17, 15) is 0 Å². The zero-order valence-corrected chi connectivity index (χ0v) is 8.68. The van der Waals surface area contributed by atoms with Crippen LogP contribution < -0.4 is 0 Å². The van der Waals surface area contributed by atoms with Crippen LogP contribution in [0.25, 0.3) is 0 Å². The van der Waals surface area contributed by atoms with Gasteiger partial charge in [-0.2, -0.15) is 10.2 Å². The zero-order chi connectivity index (χ0) is 10.7. The summed E-state index contributed by atoms with van der Waals surface area (Å²) < 4.78 is 10.8. The van der Waals surface area contributed by atoms with Gasteiger partial charge < -0.3 is 9.47 Å². The first kappa shape index (κ1) is 10.0. The molecule has 78 valence electrons. The lowest BCUT2D eigenvalue weighted by atomic mass is 10.0.